The van der Waals surface area contributed by atoms with E-state index in [1.54, 1.807) is 16.7 Å². The third-order valence-corrected chi connectivity index (χ3v) is 8.02. The molecule has 0 atom stereocenters. The molecular formula is C17H23FN2O3S2. The predicted octanol–water partition coefficient (Wildman–Crippen LogP) is 2.33. The van der Waals surface area contributed by atoms with Crippen LogP contribution in [0.2, 0.25) is 0 Å². The Morgan fingerprint density at radius 2 is 1.84 bits per heavy atom. The van der Waals surface area contributed by atoms with Gasteiger partial charge in [-0.2, -0.15) is 4.31 Å². The highest BCUT2D eigenvalue weighted by atomic mass is 32.2. The summed E-state index contributed by atoms with van der Waals surface area (Å²) >= 11 is 1.73. The summed E-state index contributed by atoms with van der Waals surface area (Å²) in [6, 6.07) is 5.04. The van der Waals surface area contributed by atoms with Crippen molar-refractivity contribution in [2.45, 2.75) is 35.8 Å². The molecule has 0 N–H and O–H groups in total. The first-order valence-corrected chi connectivity index (χ1v) is 11.1. The number of thioether (sulfide) groups is 1. The SMILES string of the molecule is O=C(CSC1CCCC1)N1CCN(S(=O)(=O)c2cccc(F)c2)CC1. The van der Waals surface area contributed by atoms with Gasteiger partial charge in [0.1, 0.15) is 5.82 Å². The zero-order chi connectivity index (χ0) is 17.9. The van der Waals surface area contributed by atoms with Crippen molar-refractivity contribution >= 4 is 27.7 Å². The summed E-state index contributed by atoms with van der Waals surface area (Å²) in [5.74, 6) is -0.0139. The first kappa shape index (κ1) is 18.7. The van der Waals surface area contributed by atoms with Crippen molar-refractivity contribution in [2.24, 2.45) is 0 Å². The lowest BCUT2D eigenvalue weighted by atomic mass is 10.3. The summed E-state index contributed by atoms with van der Waals surface area (Å²) in [7, 11) is -3.71. The van der Waals surface area contributed by atoms with Crippen LogP contribution in [-0.2, 0) is 14.8 Å². The monoisotopic (exact) mass is 386 g/mol. The highest BCUT2D eigenvalue weighted by Crippen LogP contribution is 2.29. The van der Waals surface area contributed by atoms with Crippen LogP contribution >= 0.6 is 11.8 Å². The van der Waals surface area contributed by atoms with E-state index in [-0.39, 0.29) is 23.9 Å². The van der Waals surface area contributed by atoms with Gasteiger partial charge in [-0.3, -0.25) is 4.79 Å². The van der Waals surface area contributed by atoms with E-state index < -0.39 is 15.8 Å². The molecule has 25 heavy (non-hydrogen) atoms. The van der Waals surface area contributed by atoms with Gasteiger partial charge in [0.25, 0.3) is 0 Å². The van der Waals surface area contributed by atoms with Gasteiger partial charge in [0.2, 0.25) is 15.9 Å². The molecule has 0 spiro atoms. The van der Waals surface area contributed by atoms with E-state index in [4.69, 9.17) is 0 Å². The van der Waals surface area contributed by atoms with E-state index >= 15 is 0 Å². The molecule has 1 amide bonds. The maximum Gasteiger partial charge on any atom is 0.243 e. The van der Waals surface area contributed by atoms with Crippen LogP contribution in [0, 0.1) is 5.82 Å². The van der Waals surface area contributed by atoms with Gasteiger partial charge in [-0.25, -0.2) is 12.8 Å². The molecule has 2 fully saturated rings. The molecule has 1 saturated heterocycles. The van der Waals surface area contributed by atoms with E-state index in [0.717, 1.165) is 6.07 Å². The molecule has 0 bridgehead atoms. The van der Waals surface area contributed by atoms with Gasteiger partial charge in [-0.15, -0.1) is 11.8 Å². The third kappa shape index (κ3) is 4.54. The van der Waals surface area contributed by atoms with Crippen LogP contribution in [0.4, 0.5) is 4.39 Å². The van der Waals surface area contributed by atoms with Gasteiger partial charge in [-0.1, -0.05) is 18.9 Å². The van der Waals surface area contributed by atoms with E-state index in [2.05, 4.69) is 0 Å². The van der Waals surface area contributed by atoms with Crippen molar-refractivity contribution in [3.8, 4) is 0 Å². The number of amides is 1. The summed E-state index contributed by atoms with van der Waals surface area (Å²) in [6.45, 7) is 1.27. The second-order valence-corrected chi connectivity index (χ2v) is 9.69. The molecule has 1 heterocycles. The van der Waals surface area contributed by atoms with Gasteiger partial charge in [0.05, 0.1) is 10.6 Å². The zero-order valence-electron chi connectivity index (χ0n) is 14.1. The van der Waals surface area contributed by atoms with Crippen LogP contribution in [0.3, 0.4) is 0 Å². The van der Waals surface area contributed by atoms with Crippen molar-refractivity contribution in [2.75, 3.05) is 31.9 Å². The Balaban J connectivity index is 1.53. The maximum absolute atomic E-state index is 13.3. The fraction of sp³-hybridized carbons (Fsp3) is 0.588. The number of hydrogen-bond acceptors (Lipinski definition) is 4. The minimum atomic E-state index is -3.71. The molecule has 3 rings (SSSR count). The predicted molar refractivity (Wildman–Crippen MR) is 96.5 cm³/mol. The van der Waals surface area contributed by atoms with Gasteiger partial charge in [0, 0.05) is 31.4 Å². The summed E-state index contributed by atoms with van der Waals surface area (Å²) in [6.07, 6.45) is 4.89. The highest BCUT2D eigenvalue weighted by molar-refractivity contribution is 8.00. The Kier molecular flexibility index (Phi) is 6.01. The number of piperazine rings is 1. The molecule has 1 aromatic rings. The number of halogens is 1. The molecule has 0 unspecified atom stereocenters. The van der Waals surface area contributed by atoms with Crippen molar-refractivity contribution in [3.63, 3.8) is 0 Å². The van der Waals surface area contributed by atoms with Crippen LogP contribution in [-0.4, -0.2) is 60.7 Å². The smallest absolute Gasteiger partial charge is 0.243 e. The Labute approximate surface area is 152 Å². The number of sulfonamides is 1. The fourth-order valence-corrected chi connectivity index (χ4v) is 5.97. The number of benzene rings is 1. The third-order valence-electron chi connectivity index (χ3n) is 4.77. The molecule has 5 nitrogen and oxygen atoms in total. The van der Waals surface area contributed by atoms with Crippen LogP contribution < -0.4 is 0 Å². The standard InChI is InChI=1S/C17H23FN2O3S2/c18-14-4-3-7-16(12-14)25(22,23)20-10-8-19(9-11-20)17(21)13-24-15-5-1-2-6-15/h3-4,7,12,15H,1-2,5-6,8-11,13H2. The molecule has 2 aliphatic rings. The first-order chi connectivity index (χ1) is 12.0. The number of carbonyl (C=O) groups is 1. The molecule has 138 valence electrons. The van der Waals surface area contributed by atoms with Crippen molar-refractivity contribution in [3.05, 3.63) is 30.1 Å². The second kappa shape index (κ2) is 8.05. The lowest BCUT2D eigenvalue weighted by Gasteiger charge is -2.34. The fourth-order valence-electron chi connectivity index (χ4n) is 3.29. The van der Waals surface area contributed by atoms with Crippen LogP contribution in [0.1, 0.15) is 25.7 Å². The number of rotatable bonds is 5. The van der Waals surface area contributed by atoms with E-state index in [1.807, 2.05) is 0 Å². The second-order valence-electron chi connectivity index (χ2n) is 6.46. The minimum absolute atomic E-state index is 0.0379. The average Bonchev–Trinajstić information content (AvgIpc) is 3.13. The van der Waals surface area contributed by atoms with Crippen LogP contribution in [0.15, 0.2) is 29.2 Å². The normalized spacial score (nSPS) is 20.1. The lowest BCUT2D eigenvalue weighted by molar-refractivity contribution is -0.129. The van der Waals surface area contributed by atoms with Gasteiger partial charge in [0.15, 0.2) is 0 Å². The molecule has 0 radical (unpaired) electrons. The Bertz CT molecular complexity index is 712. The molecule has 1 saturated carbocycles. The topological polar surface area (TPSA) is 57.7 Å². The quantitative estimate of drug-likeness (QED) is 0.779. The van der Waals surface area contributed by atoms with Crippen molar-refractivity contribution in [1.29, 1.82) is 0 Å². The summed E-state index contributed by atoms with van der Waals surface area (Å²) in [4.78, 5) is 14.0. The maximum atomic E-state index is 13.3. The van der Waals surface area contributed by atoms with Crippen LogP contribution in [0.25, 0.3) is 0 Å². The van der Waals surface area contributed by atoms with Gasteiger partial charge < -0.3 is 4.90 Å². The molecule has 1 aliphatic heterocycles. The molecule has 1 aliphatic carbocycles. The average molecular weight is 387 g/mol. The van der Waals surface area contributed by atoms with Crippen molar-refractivity contribution in [1.82, 2.24) is 9.21 Å². The lowest BCUT2D eigenvalue weighted by Crippen LogP contribution is -2.51. The summed E-state index contributed by atoms with van der Waals surface area (Å²) in [5, 5.41) is 0.596. The summed E-state index contributed by atoms with van der Waals surface area (Å²) in [5.41, 5.74) is 0. The Morgan fingerprint density at radius 1 is 1.16 bits per heavy atom. The molecule has 0 aromatic heterocycles. The first-order valence-electron chi connectivity index (χ1n) is 8.62. The number of carbonyl (C=O) groups excluding carboxylic acids is 1. The molecular weight excluding hydrogens is 363 g/mol. The van der Waals surface area contributed by atoms with Gasteiger partial charge in [-0.05, 0) is 31.0 Å². The number of nitrogens with zero attached hydrogens (tertiary/aromatic N) is 2. The van der Waals surface area contributed by atoms with E-state index in [1.165, 1.54) is 48.2 Å². The zero-order valence-corrected chi connectivity index (χ0v) is 15.7. The largest absolute Gasteiger partial charge is 0.339 e. The molecule has 1 aromatic carbocycles. The summed E-state index contributed by atoms with van der Waals surface area (Å²) < 4.78 is 39.8. The van der Waals surface area contributed by atoms with E-state index in [9.17, 15) is 17.6 Å². The molecule has 8 heteroatoms. The van der Waals surface area contributed by atoms with Crippen molar-refractivity contribution < 1.29 is 17.6 Å². The Hall–Kier alpha value is -1.12. The van der Waals surface area contributed by atoms with Crippen LogP contribution in [0.5, 0.6) is 0 Å². The Morgan fingerprint density at radius 3 is 2.48 bits per heavy atom. The minimum Gasteiger partial charge on any atom is -0.339 e. The van der Waals surface area contributed by atoms with Gasteiger partial charge >= 0.3 is 0 Å². The van der Waals surface area contributed by atoms with E-state index in [0.29, 0.717) is 24.1 Å². The number of hydrogen-bond donors (Lipinski definition) is 0. The highest BCUT2D eigenvalue weighted by Gasteiger charge is 2.30.